The smallest absolute Gasteiger partial charge is 0.358 e. The minimum absolute atomic E-state index is 0.179. The highest BCUT2D eigenvalue weighted by atomic mass is 32.2. The van der Waals surface area contributed by atoms with Crippen molar-refractivity contribution >= 4 is 29.1 Å². The van der Waals surface area contributed by atoms with E-state index < -0.39 is 5.97 Å². The number of aryl methyl sites for hydroxylation is 1. The summed E-state index contributed by atoms with van der Waals surface area (Å²) >= 11 is 2.77. The van der Waals surface area contributed by atoms with Gasteiger partial charge >= 0.3 is 5.97 Å². The van der Waals surface area contributed by atoms with Crippen LogP contribution in [0, 0.1) is 6.92 Å². The van der Waals surface area contributed by atoms with Gasteiger partial charge in [-0.3, -0.25) is 4.98 Å². The van der Waals surface area contributed by atoms with Gasteiger partial charge in [-0.1, -0.05) is 11.3 Å². The molecule has 0 saturated carbocycles. The number of ether oxygens (including phenoxy) is 1. The van der Waals surface area contributed by atoms with E-state index in [1.807, 2.05) is 6.92 Å². The number of carbonyl (C=O) groups excluding carboxylic acids is 1. The second kappa shape index (κ2) is 5.19. The van der Waals surface area contributed by atoms with Crippen LogP contribution >= 0.6 is 23.1 Å². The van der Waals surface area contributed by atoms with Crippen LogP contribution in [-0.2, 0) is 4.74 Å². The Morgan fingerprint density at radius 2 is 2.24 bits per heavy atom. The molecule has 2 rings (SSSR count). The average Bonchev–Trinajstić information content (AvgIpc) is 2.74. The van der Waals surface area contributed by atoms with Crippen molar-refractivity contribution in [3.63, 3.8) is 0 Å². The first kappa shape index (κ1) is 11.9. The average molecular weight is 268 g/mol. The number of hydrogen-bond donors (Lipinski definition) is 0. The van der Waals surface area contributed by atoms with Gasteiger partial charge in [-0.05, 0) is 18.7 Å². The lowest BCUT2D eigenvalue weighted by atomic mass is 10.5. The lowest BCUT2D eigenvalue weighted by molar-refractivity contribution is 0.0592. The van der Waals surface area contributed by atoms with E-state index in [0.29, 0.717) is 5.03 Å². The molecule has 0 aliphatic rings. The van der Waals surface area contributed by atoms with Gasteiger partial charge in [0.05, 0.1) is 19.5 Å². The maximum Gasteiger partial charge on any atom is 0.358 e. The number of methoxy groups -OCH3 is 1. The maximum absolute atomic E-state index is 11.3. The Labute approximate surface area is 105 Å². The van der Waals surface area contributed by atoms with Gasteiger partial charge in [0, 0.05) is 0 Å². The first-order valence-corrected chi connectivity index (χ1v) is 6.20. The van der Waals surface area contributed by atoms with E-state index in [-0.39, 0.29) is 5.69 Å². The molecular weight excluding hydrogens is 260 g/mol. The third-order valence-corrected chi connectivity index (χ3v) is 3.50. The number of aromatic nitrogens is 4. The summed E-state index contributed by atoms with van der Waals surface area (Å²) in [5, 5.41) is 9.31. The summed E-state index contributed by atoms with van der Waals surface area (Å²) < 4.78 is 5.33. The normalized spacial score (nSPS) is 10.2. The standard InChI is InChI=1S/C9H8N4O2S2/c1-5-12-13-9(16-5)17-7-4-10-3-6(11-7)8(14)15-2/h3-4H,1-2H3. The van der Waals surface area contributed by atoms with Gasteiger partial charge in [-0.25, -0.2) is 9.78 Å². The number of carbonyl (C=O) groups is 1. The molecular formula is C9H8N4O2S2. The molecule has 0 atom stereocenters. The Hall–Kier alpha value is -1.54. The summed E-state index contributed by atoms with van der Waals surface area (Å²) in [5.41, 5.74) is 0.179. The summed E-state index contributed by atoms with van der Waals surface area (Å²) in [6.07, 6.45) is 2.93. The zero-order valence-electron chi connectivity index (χ0n) is 9.08. The zero-order valence-corrected chi connectivity index (χ0v) is 10.7. The lowest BCUT2D eigenvalue weighted by Gasteiger charge is -1.99. The highest BCUT2D eigenvalue weighted by Gasteiger charge is 2.10. The first-order valence-electron chi connectivity index (χ1n) is 4.57. The largest absolute Gasteiger partial charge is 0.464 e. The van der Waals surface area contributed by atoms with Crippen LogP contribution < -0.4 is 0 Å². The molecule has 17 heavy (non-hydrogen) atoms. The van der Waals surface area contributed by atoms with Crippen LogP contribution in [0.25, 0.3) is 0 Å². The highest BCUT2D eigenvalue weighted by Crippen LogP contribution is 2.27. The van der Waals surface area contributed by atoms with E-state index >= 15 is 0 Å². The molecule has 0 spiro atoms. The van der Waals surface area contributed by atoms with Crippen molar-refractivity contribution in [3.8, 4) is 0 Å². The minimum Gasteiger partial charge on any atom is -0.464 e. The van der Waals surface area contributed by atoms with E-state index in [0.717, 1.165) is 9.35 Å². The van der Waals surface area contributed by atoms with Crippen LogP contribution in [0.4, 0.5) is 0 Å². The summed E-state index contributed by atoms with van der Waals surface area (Å²) in [4.78, 5) is 19.3. The van der Waals surface area contributed by atoms with Crippen LogP contribution in [0.15, 0.2) is 21.8 Å². The second-order valence-corrected chi connectivity index (χ2v) is 5.37. The van der Waals surface area contributed by atoms with Crippen molar-refractivity contribution in [1.29, 1.82) is 0 Å². The highest BCUT2D eigenvalue weighted by molar-refractivity contribution is 8.01. The van der Waals surface area contributed by atoms with E-state index in [9.17, 15) is 4.79 Å². The SMILES string of the molecule is COC(=O)c1cncc(Sc2nnc(C)s2)n1. The zero-order chi connectivity index (χ0) is 12.3. The molecule has 2 aromatic rings. The fraction of sp³-hybridized carbons (Fsp3) is 0.222. The van der Waals surface area contributed by atoms with Crippen molar-refractivity contribution in [3.05, 3.63) is 23.1 Å². The minimum atomic E-state index is -0.506. The number of rotatable bonds is 3. The molecule has 0 bridgehead atoms. The van der Waals surface area contributed by atoms with Crippen LogP contribution in [0.1, 0.15) is 15.5 Å². The van der Waals surface area contributed by atoms with Gasteiger partial charge in [-0.2, -0.15) is 0 Å². The van der Waals surface area contributed by atoms with Gasteiger partial charge in [0.2, 0.25) is 0 Å². The van der Waals surface area contributed by atoms with Crippen molar-refractivity contribution in [2.24, 2.45) is 0 Å². The molecule has 0 N–H and O–H groups in total. The number of hydrogen-bond acceptors (Lipinski definition) is 8. The fourth-order valence-corrected chi connectivity index (χ4v) is 2.73. The monoisotopic (exact) mass is 268 g/mol. The summed E-state index contributed by atoms with van der Waals surface area (Å²) in [6.45, 7) is 1.87. The van der Waals surface area contributed by atoms with Gasteiger partial charge < -0.3 is 4.74 Å². The van der Waals surface area contributed by atoms with Crippen LogP contribution in [-0.4, -0.2) is 33.2 Å². The van der Waals surface area contributed by atoms with Gasteiger partial charge in [-0.15, -0.1) is 10.2 Å². The third-order valence-electron chi connectivity index (χ3n) is 1.71. The maximum atomic E-state index is 11.3. The summed E-state index contributed by atoms with van der Waals surface area (Å²) in [7, 11) is 1.30. The van der Waals surface area contributed by atoms with Gasteiger partial charge in [0.1, 0.15) is 10.0 Å². The van der Waals surface area contributed by atoms with Gasteiger partial charge in [0.15, 0.2) is 10.0 Å². The first-order chi connectivity index (χ1) is 8.19. The quantitative estimate of drug-likeness (QED) is 0.782. The molecule has 0 saturated heterocycles. The number of esters is 1. The number of nitrogens with zero attached hydrogens (tertiary/aromatic N) is 4. The van der Waals surface area contributed by atoms with Gasteiger partial charge in [0.25, 0.3) is 0 Å². The molecule has 0 amide bonds. The molecule has 2 heterocycles. The van der Waals surface area contributed by atoms with E-state index in [4.69, 9.17) is 0 Å². The topological polar surface area (TPSA) is 77.9 Å². The molecule has 0 radical (unpaired) electrons. The Morgan fingerprint density at radius 3 is 2.88 bits per heavy atom. The molecule has 0 aliphatic carbocycles. The predicted molar refractivity (Wildman–Crippen MR) is 62.1 cm³/mol. The molecule has 0 aromatic carbocycles. The van der Waals surface area contributed by atoms with Crippen LogP contribution in [0.2, 0.25) is 0 Å². The molecule has 88 valence electrons. The molecule has 0 fully saturated rings. The van der Waals surface area contributed by atoms with Crippen molar-refractivity contribution in [1.82, 2.24) is 20.2 Å². The molecule has 2 aromatic heterocycles. The Kier molecular flexibility index (Phi) is 3.64. The molecule has 0 aliphatic heterocycles. The van der Waals surface area contributed by atoms with Crippen molar-refractivity contribution < 1.29 is 9.53 Å². The summed E-state index contributed by atoms with van der Waals surface area (Å²) in [6, 6.07) is 0. The third kappa shape index (κ3) is 2.98. The van der Waals surface area contributed by atoms with Crippen LogP contribution in [0.5, 0.6) is 0 Å². The molecule has 8 heteroatoms. The Balaban J connectivity index is 2.19. The van der Waals surface area contributed by atoms with Crippen molar-refractivity contribution in [2.45, 2.75) is 16.3 Å². The van der Waals surface area contributed by atoms with E-state index in [1.165, 1.54) is 36.4 Å². The lowest BCUT2D eigenvalue weighted by Crippen LogP contribution is -2.05. The molecule has 6 nitrogen and oxygen atoms in total. The van der Waals surface area contributed by atoms with E-state index in [1.54, 1.807) is 6.20 Å². The van der Waals surface area contributed by atoms with Crippen molar-refractivity contribution in [2.75, 3.05) is 7.11 Å². The second-order valence-electron chi connectivity index (χ2n) is 2.92. The summed E-state index contributed by atoms with van der Waals surface area (Å²) in [5.74, 6) is -0.506. The fourth-order valence-electron chi connectivity index (χ4n) is 1.01. The predicted octanol–water partition coefficient (Wildman–Crippen LogP) is 1.57. The Morgan fingerprint density at radius 1 is 1.41 bits per heavy atom. The van der Waals surface area contributed by atoms with E-state index in [2.05, 4.69) is 24.9 Å². The van der Waals surface area contributed by atoms with Crippen LogP contribution in [0.3, 0.4) is 0 Å². The molecule has 0 unspecified atom stereocenters. The Bertz CT molecular complexity index is 543.